The highest BCUT2D eigenvalue weighted by atomic mass is 14.1. The molecule has 0 bridgehead atoms. The molecule has 0 N–H and O–H groups in total. The summed E-state index contributed by atoms with van der Waals surface area (Å²) in [5, 5.41) is 0. The summed E-state index contributed by atoms with van der Waals surface area (Å²) in [5.41, 5.74) is 10.2. The van der Waals surface area contributed by atoms with E-state index in [4.69, 9.17) is 0 Å². The SMILES string of the molecule is Cc1cccc(-c2cc(-c3ccccc3)cc(-c3cccc(C(C)C)c3)c2)c1. The van der Waals surface area contributed by atoms with Crippen molar-refractivity contribution < 1.29 is 0 Å². The fraction of sp³-hybridized carbons (Fsp3) is 0.143. The summed E-state index contributed by atoms with van der Waals surface area (Å²) in [6, 6.07) is 35.3. The quantitative estimate of drug-likeness (QED) is 0.344. The fourth-order valence-corrected chi connectivity index (χ4v) is 3.66. The largest absolute Gasteiger partial charge is 0.0622 e. The summed E-state index contributed by atoms with van der Waals surface area (Å²) in [6.07, 6.45) is 0. The van der Waals surface area contributed by atoms with Crippen molar-refractivity contribution in [3.8, 4) is 33.4 Å². The van der Waals surface area contributed by atoms with Crippen molar-refractivity contribution in [3.63, 3.8) is 0 Å². The first-order chi connectivity index (χ1) is 13.6. The fourth-order valence-electron chi connectivity index (χ4n) is 3.66. The minimum absolute atomic E-state index is 0.522. The van der Waals surface area contributed by atoms with Gasteiger partial charge in [-0.25, -0.2) is 0 Å². The molecular formula is C28H26. The Bertz CT molecular complexity index is 1090. The molecule has 0 nitrogen and oxygen atoms in total. The normalized spacial score (nSPS) is 11.0. The second-order valence-corrected chi connectivity index (χ2v) is 7.81. The molecule has 0 heteroatoms. The molecule has 28 heavy (non-hydrogen) atoms. The monoisotopic (exact) mass is 362 g/mol. The molecule has 0 unspecified atom stereocenters. The zero-order valence-electron chi connectivity index (χ0n) is 16.8. The predicted molar refractivity (Wildman–Crippen MR) is 122 cm³/mol. The van der Waals surface area contributed by atoms with Crippen molar-refractivity contribution in [1.82, 2.24) is 0 Å². The molecule has 0 heterocycles. The lowest BCUT2D eigenvalue weighted by molar-refractivity contribution is 0.867. The lowest BCUT2D eigenvalue weighted by atomic mass is 9.91. The maximum absolute atomic E-state index is 2.33. The summed E-state index contributed by atoms with van der Waals surface area (Å²) in [6.45, 7) is 6.65. The van der Waals surface area contributed by atoms with Gasteiger partial charge in [0.2, 0.25) is 0 Å². The van der Waals surface area contributed by atoms with Gasteiger partial charge in [-0.05, 0) is 70.0 Å². The number of benzene rings is 4. The van der Waals surface area contributed by atoms with Gasteiger partial charge in [-0.1, -0.05) is 98.3 Å². The Morgan fingerprint density at radius 3 is 1.61 bits per heavy atom. The molecule has 4 rings (SSSR count). The van der Waals surface area contributed by atoms with E-state index in [1.165, 1.54) is 44.5 Å². The van der Waals surface area contributed by atoms with Gasteiger partial charge < -0.3 is 0 Å². The van der Waals surface area contributed by atoms with E-state index >= 15 is 0 Å². The Kier molecular flexibility index (Phi) is 5.12. The maximum atomic E-state index is 2.33. The van der Waals surface area contributed by atoms with Crippen molar-refractivity contribution >= 4 is 0 Å². The van der Waals surface area contributed by atoms with Gasteiger partial charge in [0.1, 0.15) is 0 Å². The molecule has 0 aliphatic heterocycles. The van der Waals surface area contributed by atoms with E-state index in [0.717, 1.165) is 0 Å². The van der Waals surface area contributed by atoms with Gasteiger partial charge in [-0.15, -0.1) is 0 Å². The zero-order valence-corrected chi connectivity index (χ0v) is 16.8. The van der Waals surface area contributed by atoms with Crippen LogP contribution in [0.25, 0.3) is 33.4 Å². The topological polar surface area (TPSA) is 0 Å². The van der Waals surface area contributed by atoms with Crippen molar-refractivity contribution in [1.29, 1.82) is 0 Å². The van der Waals surface area contributed by atoms with Crippen LogP contribution in [-0.4, -0.2) is 0 Å². The number of hydrogen-bond acceptors (Lipinski definition) is 0. The molecule has 0 saturated heterocycles. The van der Waals surface area contributed by atoms with Gasteiger partial charge in [0.05, 0.1) is 0 Å². The van der Waals surface area contributed by atoms with Crippen LogP contribution in [0.3, 0.4) is 0 Å². The first kappa shape index (κ1) is 18.3. The predicted octanol–water partition coefficient (Wildman–Crippen LogP) is 8.12. The number of rotatable bonds is 4. The average molecular weight is 363 g/mol. The Balaban J connectivity index is 1.91. The van der Waals surface area contributed by atoms with Crippen LogP contribution in [0.1, 0.15) is 30.9 Å². The standard InChI is InChI=1S/C28H26/c1-20(2)23-12-8-14-25(16-23)28-18-26(22-10-5-4-6-11-22)17-27(19-28)24-13-7-9-21(3)15-24/h4-20H,1-3H3. The van der Waals surface area contributed by atoms with E-state index in [0.29, 0.717) is 5.92 Å². The third-order valence-corrected chi connectivity index (χ3v) is 5.28. The third kappa shape index (κ3) is 3.92. The van der Waals surface area contributed by atoms with Crippen LogP contribution in [-0.2, 0) is 0 Å². The Morgan fingerprint density at radius 2 is 1.00 bits per heavy atom. The molecule has 0 aliphatic carbocycles. The lowest BCUT2D eigenvalue weighted by Crippen LogP contribution is -1.90. The summed E-state index contributed by atoms with van der Waals surface area (Å²) in [7, 11) is 0. The summed E-state index contributed by atoms with van der Waals surface area (Å²) < 4.78 is 0. The minimum Gasteiger partial charge on any atom is -0.0622 e. The molecule has 4 aromatic carbocycles. The highest BCUT2D eigenvalue weighted by molar-refractivity contribution is 5.81. The van der Waals surface area contributed by atoms with E-state index in [1.807, 2.05) is 0 Å². The molecule has 0 atom stereocenters. The minimum atomic E-state index is 0.522. The smallest absolute Gasteiger partial charge is 0.0172 e. The Hall–Kier alpha value is -3.12. The Labute approximate surface area is 168 Å². The van der Waals surface area contributed by atoms with Crippen LogP contribution in [0, 0.1) is 6.92 Å². The van der Waals surface area contributed by atoms with Gasteiger partial charge in [-0.2, -0.15) is 0 Å². The molecule has 0 aliphatic rings. The second kappa shape index (κ2) is 7.86. The molecule has 0 radical (unpaired) electrons. The zero-order chi connectivity index (χ0) is 19.5. The summed E-state index contributed by atoms with van der Waals surface area (Å²) >= 11 is 0. The van der Waals surface area contributed by atoms with Gasteiger partial charge in [0.15, 0.2) is 0 Å². The van der Waals surface area contributed by atoms with Gasteiger partial charge in [0, 0.05) is 0 Å². The first-order valence-electron chi connectivity index (χ1n) is 9.98. The molecule has 0 spiro atoms. The van der Waals surface area contributed by atoms with Crippen molar-refractivity contribution in [2.75, 3.05) is 0 Å². The average Bonchev–Trinajstić information content (AvgIpc) is 2.74. The van der Waals surface area contributed by atoms with E-state index in [2.05, 4.69) is 118 Å². The van der Waals surface area contributed by atoms with Crippen LogP contribution in [0.15, 0.2) is 97.1 Å². The van der Waals surface area contributed by atoms with E-state index in [9.17, 15) is 0 Å². The molecule has 0 aromatic heterocycles. The number of hydrogen-bond donors (Lipinski definition) is 0. The highest BCUT2D eigenvalue weighted by Gasteiger charge is 2.09. The van der Waals surface area contributed by atoms with E-state index < -0.39 is 0 Å². The number of aryl methyl sites for hydroxylation is 1. The molecule has 4 aromatic rings. The van der Waals surface area contributed by atoms with Crippen molar-refractivity contribution in [2.45, 2.75) is 26.7 Å². The second-order valence-electron chi connectivity index (χ2n) is 7.81. The van der Waals surface area contributed by atoms with E-state index in [-0.39, 0.29) is 0 Å². The van der Waals surface area contributed by atoms with Crippen LogP contribution >= 0.6 is 0 Å². The van der Waals surface area contributed by atoms with Crippen LogP contribution in [0.5, 0.6) is 0 Å². The van der Waals surface area contributed by atoms with Gasteiger partial charge >= 0.3 is 0 Å². The van der Waals surface area contributed by atoms with Crippen molar-refractivity contribution in [3.05, 3.63) is 108 Å². The van der Waals surface area contributed by atoms with Crippen LogP contribution < -0.4 is 0 Å². The highest BCUT2D eigenvalue weighted by Crippen LogP contribution is 2.34. The molecule has 0 amide bonds. The van der Waals surface area contributed by atoms with Gasteiger partial charge in [-0.3, -0.25) is 0 Å². The van der Waals surface area contributed by atoms with Crippen molar-refractivity contribution in [2.24, 2.45) is 0 Å². The van der Waals surface area contributed by atoms with Crippen LogP contribution in [0.2, 0.25) is 0 Å². The molecule has 0 fully saturated rings. The van der Waals surface area contributed by atoms with E-state index in [1.54, 1.807) is 0 Å². The molecule has 138 valence electrons. The summed E-state index contributed by atoms with van der Waals surface area (Å²) in [4.78, 5) is 0. The first-order valence-corrected chi connectivity index (χ1v) is 9.98. The maximum Gasteiger partial charge on any atom is -0.0172 e. The Morgan fingerprint density at radius 1 is 0.464 bits per heavy atom. The van der Waals surface area contributed by atoms with Gasteiger partial charge in [0.25, 0.3) is 0 Å². The third-order valence-electron chi connectivity index (χ3n) is 5.28. The lowest BCUT2D eigenvalue weighted by Gasteiger charge is -2.13. The van der Waals surface area contributed by atoms with Crippen LogP contribution in [0.4, 0.5) is 0 Å². The molecular weight excluding hydrogens is 336 g/mol. The molecule has 0 saturated carbocycles. The summed E-state index contributed by atoms with van der Waals surface area (Å²) in [5.74, 6) is 0.522.